The number of aromatic nitrogens is 4. The highest BCUT2D eigenvalue weighted by atomic mass is 16.1. The Morgan fingerprint density at radius 2 is 2.15 bits per heavy atom. The lowest BCUT2D eigenvalue weighted by Gasteiger charge is -2.32. The molecule has 0 saturated carbocycles. The molecule has 0 aliphatic carbocycles. The van der Waals surface area contributed by atoms with E-state index in [1.807, 2.05) is 0 Å². The smallest absolute Gasteiger partial charge is 0.224 e. The summed E-state index contributed by atoms with van der Waals surface area (Å²) in [6, 6.07) is 0. The van der Waals surface area contributed by atoms with Crippen LogP contribution in [0.15, 0.2) is 6.33 Å². The molecule has 0 radical (unpaired) electrons. The van der Waals surface area contributed by atoms with Gasteiger partial charge in [-0.1, -0.05) is 13.3 Å². The minimum Gasteiger partial charge on any atom is -0.356 e. The molecule has 0 aromatic carbocycles. The highest BCUT2D eigenvalue weighted by Crippen LogP contribution is 2.29. The molecule has 1 N–H and O–H groups in total. The number of carbonyl (C=O) groups excluding carboxylic acids is 1. The number of hydrogen-bond donors (Lipinski definition) is 1. The van der Waals surface area contributed by atoms with Crippen LogP contribution >= 0.6 is 0 Å². The third kappa shape index (κ3) is 3.27. The van der Waals surface area contributed by atoms with Crippen LogP contribution in [0.5, 0.6) is 0 Å². The Hall–Kier alpha value is -2.18. The van der Waals surface area contributed by atoms with Gasteiger partial charge in [-0.25, -0.2) is 15.0 Å². The Morgan fingerprint density at radius 1 is 1.23 bits per heavy atom. The van der Waals surface area contributed by atoms with Gasteiger partial charge in [0.15, 0.2) is 17.0 Å². The van der Waals surface area contributed by atoms with E-state index in [-0.39, 0.29) is 11.8 Å². The van der Waals surface area contributed by atoms with Crippen molar-refractivity contribution >= 4 is 22.9 Å². The highest BCUT2D eigenvalue weighted by Gasteiger charge is 2.28. The fraction of sp³-hybridized carbons (Fsp3) is 0.684. The third-order valence-electron chi connectivity index (χ3n) is 5.51. The van der Waals surface area contributed by atoms with Crippen molar-refractivity contribution in [2.75, 3.05) is 24.5 Å². The lowest BCUT2D eigenvalue weighted by Crippen LogP contribution is -2.43. The van der Waals surface area contributed by atoms with Gasteiger partial charge in [0.1, 0.15) is 12.2 Å². The maximum Gasteiger partial charge on any atom is 0.224 e. The molecule has 26 heavy (non-hydrogen) atoms. The molecule has 0 bridgehead atoms. The van der Waals surface area contributed by atoms with Crippen LogP contribution in [-0.4, -0.2) is 45.1 Å². The molecule has 0 unspecified atom stereocenters. The molecule has 7 heteroatoms. The summed E-state index contributed by atoms with van der Waals surface area (Å²) in [4.78, 5) is 28.6. The van der Waals surface area contributed by atoms with Crippen molar-refractivity contribution in [2.45, 2.75) is 58.4 Å². The van der Waals surface area contributed by atoms with Crippen LogP contribution in [0.25, 0.3) is 11.2 Å². The SMILES string of the molecule is CCCNC(=O)[C@H]1CCCN(c2ncnc3c2nc2n3CCCCC2)C1. The molecule has 0 spiro atoms. The maximum atomic E-state index is 12.4. The Bertz CT molecular complexity index is 786. The number of nitrogens with one attached hydrogen (secondary N) is 1. The van der Waals surface area contributed by atoms with E-state index in [1.165, 1.54) is 19.3 Å². The fourth-order valence-corrected chi connectivity index (χ4v) is 4.13. The zero-order chi connectivity index (χ0) is 17.9. The first-order chi connectivity index (χ1) is 12.8. The summed E-state index contributed by atoms with van der Waals surface area (Å²) in [7, 11) is 0. The molecule has 2 aromatic rings. The number of rotatable bonds is 4. The van der Waals surface area contributed by atoms with Crippen LogP contribution in [0, 0.1) is 5.92 Å². The quantitative estimate of drug-likeness (QED) is 0.910. The van der Waals surface area contributed by atoms with Crippen LogP contribution in [0.1, 0.15) is 51.3 Å². The molecule has 2 aliphatic heterocycles. The van der Waals surface area contributed by atoms with Crippen molar-refractivity contribution < 1.29 is 4.79 Å². The molecule has 2 aliphatic rings. The molecular formula is C19H28N6O. The van der Waals surface area contributed by atoms with Crippen LogP contribution in [0.4, 0.5) is 5.82 Å². The summed E-state index contributed by atoms with van der Waals surface area (Å²) in [6.45, 7) is 5.45. The molecule has 2 aromatic heterocycles. The minimum atomic E-state index is 0.0285. The molecule has 7 nitrogen and oxygen atoms in total. The van der Waals surface area contributed by atoms with Crippen molar-refractivity contribution in [3.63, 3.8) is 0 Å². The Labute approximate surface area is 154 Å². The summed E-state index contributed by atoms with van der Waals surface area (Å²) >= 11 is 0. The number of anilines is 1. The van der Waals surface area contributed by atoms with E-state index in [4.69, 9.17) is 4.98 Å². The number of piperidine rings is 1. The van der Waals surface area contributed by atoms with Gasteiger partial charge in [0.25, 0.3) is 0 Å². The normalized spacial score (nSPS) is 20.7. The number of imidazole rings is 1. The number of hydrogen-bond acceptors (Lipinski definition) is 5. The second-order valence-electron chi connectivity index (χ2n) is 7.44. The van der Waals surface area contributed by atoms with Gasteiger partial charge in [-0.15, -0.1) is 0 Å². The van der Waals surface area contributed by atoms with E-state index in [0.717, 1.165) is 68.1 Å². The molecule has 1 atom stereocenters. The standard InChI is InChI=1S/C19H28N6O/c1-2-9-20-19(26)14-7-6-10-24(12-14)17-16-18(22-13-21-17)25-11-5-3-4-8-15(25)23-16/h13-14H,2-12H2,1H3,(H,20,26)/t14-/m0/s1. The predicted octanol–water partition coefficient (Wildman–Crippen LogP) is 2.30. The Morgan fingerprint density at radius 3 is 3.04 bits per heavy atom. The van der Waals surface area contributed by atoms with Crippen LogP contribution < -0.4 is 10.2 Å². The topological polar surface area (TPSA) is 75.9 Å². The summed E-state index contributed by atoms with van der Waals surface area (Å²) in [5.74, 6) is 2.22. The van der Waals surface area contributed by atoms with E-state index < -0.39 is 0 Å². The summed E-state index contributed by atoms with van der Waals surface area (Å²) in [5, 5.41) is 3.04. The van der Waals surface area contributed by atoms with Gasteiger partial charge in [-0.3, -0.25) is 4.79 Å². The molecule has 1 saturated heterocycles. The second-order valence-corrected chi connectivity index (χ2v) is 7.44. The van der Waals surface area contributed by atoms with Crippen molar-refractivity contribution in [1.82, 2.24) is 24.8 Å². The molecule has 140 valence electrons. The first-order valence-corrected chi connectivity index (χ1v) is 10.0. The first kappa shape index (κ1) is 17.2. The van der Waals surface area contributed by atoms with Gasteiger partial charge in [-0.2, -0.15) is 0 Å². The summed E-state index contributed by atoms with van der Waals surface area (Å²) in [6.07, 6.45) is 9.20. The Balaban J connectivity index is 1.61. The van der Waals surface area contributed by atoms with Crippen molar-refractivity contribution in [3.8, 4) is 0 Å². The molecule has 1 amide bonds. The largest absolute Gasteiger partial charge is 0.356 e. The van der Waals surface area contributed by atoms with Crippen molar-refractivity contribution in [2.24, 2.45) is 5.92 Å². The van der Waals surface area contributed by atoms with Crippen LogP contribution in [0.2, 0.25) is 0 Å². The second kappa shape index (κ2) is 7.60. The third-order valence-corrected chi connectivity index (χ3v) is 5.51. The number of amides is 1. The van der Waals surface area contributed by atoms with Crippen LogP contribution in [-0.2, 0) is 17.8 Å². The fourth-order valence-electron chi connectivity index (χ4n) is 4.13. The van der Waals surface area contributed by atoms with Gasteiger partial charge in [0.05, 0.1) is 5.92 Å². The molecule has 4 rings (SSSR count). The molecular weight excluding hydrogens is 328 g/mol. The van der Waals surface area contributed by atoms with Crippen molar-refractivity contribution in [1.29, 1.82) is 0 Å². The number of aryl methyl sites for hydroxylation is 2. The number of carbonyl (C=O) groups is 1. The zero-order valence-electron chi connectivity index (χ0n) is 15.6. The van der Waals surface area contributed by atoms with Gasteiger partial charge < -0.3 is 14.8 Å². The molecule has 1 fully saturated rings. The first-order valence-electron chi connectivity index (χ1n) is 10.0. The minimum absolute atomic E-state index is 0.0285. The van der Waals surface area contributed by atoms with E-state index >= 15 is 0 Å². The monoisotopic (exact) mass is 356 g/mol. The highest BCUT2D eigenvalue weighted by molar-refractivity contribution is 5.85. The van der Waals surface area contributed by atoms with Gasteiger partial charge in [0, 0.05) is 32.6 Å². The summed E-state index contributed by atoms with van der Waals surface area (Å²) in [5.41, 5.74) is 1.85. The van der Waals surface area contributed by atoms with Gasteiger partial charge in [0.2, 0.25) is 5.91 Å². The van der Waals surface area contributed by atoms with E-state index in [2.05, 4.69) is 31.7 Å². The lowest BCUT2D eigenvalue weighted by molar-refractivity contribution is -0.125. The van der Waals surface area contributed by atoms with Gasteiger partial charge in [-0.05, 0) is 32.1 Å². The summed E-state index contributed by atoms with van der Waals surface area (Å²) < 4.78 is 2.27. The lowest BCUT2D eigenvalue weighted by atomic mass is 9.97. The Kier molecular flexibility index (Phi) is 5.04. The van der Waals surface area contributed by atoms with E-state index in [0.29, 0.717) is 6.54 Å². The van der Waals surface area contributed by atoms with E-state index in [1.54, 1.807) is 6.33 Å². The zero-order valence-corrected chi connectivity index (χ0v) is 15.6. The maximum absolute atomic E-state index is 12.4. The van der Waals surface area contributed by atoms with Gasteiger partial charge >= 0.3 is 0 Å². The number of fused-ring (bicyclic) bond motifs is 3. The number of nitrogens with zero attached hydrogens (tertiary/aromatic N) is 5. The average Bonchev–Trinajstić information content (AvgIpc) is 2.87. The predicted molar refractivity (Wildman–Crippen MR) is 101 cm³/mol. The molecule has 4 heterocycles. The van der Waals surface area contributed by atoms with Crippen LogP contribution in [0.3, 0.4) is 0 Å². The van der Waals surface area contributed by atoms with E-state index in [9.17, 15) is 4.79 Å². The average molecular weight is 356 g/mol. The van der Waals surface area contributed by atoms with Crippen molar-refractivity contribution in [3.05, 3.63) is 12.2 Å².